The van der Waals surface area contributed by atoms with Gasteiger partial charge < -0.3 is 9.84 Å². The van der Waals surface area contributed by atoms with Crippen molar-refractivity contribution in [2.75, 3.05) is 7.11 Å². The van der Waals surface area contributed by atoms with Gasteiger partial charge in [0.05, 0.1) is 17.7 Å². The number of benzene rings is 1. The molecule has 1 aromatic carbocycles. The molecular weight excluding hydrogens is 292 g/mol. The maximum Gasteiger partial charge on any atom is 0.133 e. The maximum absolute atomic E-state index is 10.2. The zero-order valence-electron chi connectivity index (χ0n) is 10.9. The second-order valence-electron chi connectivity index (χ2n) is 5.14. The molecule has 0 bridgehead atoms. The van der Waals surface area contributed by atoms with Crippen LogP contribution in [-0.2, 0) is 0 Å². The minimum Gasteiger partial charge on any atom is -0.496 e. The summed E-state index contributed by atoms with van der Waals surface area (Å²) in [6.07, 6.45) is 7.09. The highest BCUT2D eigenvalue weighted by Crippen LogP contribution is 2.33. The van der Waals surface area contributed by atoms with Crippen LogP contribution in [0.3, 0.4) is 0 Å². The van der Waals surface area contributed by atoms with E-state index in [0.717, 1.165) is 34.5 Å². The first-order valence-electron chi connectivity index (χ1n) is 6.72. The van der Waals surface area contributed by atoms with Crippen molar-refractivity contribution in [2.24, 2.45) is 5.92 Å². The van der Waals surface area contributed by atoms with Crippen molar-refractivity contribution in [2.45, 2.75) is 44.6 Å². The van der Waals surface area contributed by atoms with Gasteiger partial charge in [-0.2, -0.15) is 0 Å². The van der Waals surface area contributed by atoms with Crippen LogP contribution in [0.4, 0.5) is 0 Å². The summed E-state index contributed by atoms with van der Waals surface area (Å²) in [5.74, 6) is 1.64. The predicted octanol–water partition coefficient (Wildman–Crippen LogP) is 4.46. The second kappa shape index (κ2) is 6.58. The fourth-order valence-electron chi connectivity index (χ4n) is 2.75. The molecule has 1 aromatic rings. The molecule has 1 saturated carbocycles. The summed E-state index contributed by atoms with van der Waals surface area (Å²) in [5.41, 5.74) is 0.973. The van der Waals surface area contributed by atoms with Crippen molar-refractivity contribution in [1.82, 2.24) is 0 Å². The number of ether oxygens (including phenoxy) is 1. The van der Waals surface area contributed by atoms with Crippen LogP contribution in [-0.4, -0.2) is 12.2 Å². The van der Waals surface area contributed by atoms with Gasteiger partial charge in [0.1, 0.15) is 5.75 Å². The van der Waals surface area contributed by atoms with Gasteiger partial charge in [0, 0.05) is 0 Å². The number of rotatable bonds is 5. The number of hydrogen-bond donors (Lipinski definition) is 1. The van der Waals surface area contributed by atoms with Crippen LogP contribution < -0.4 is 4.74 Å². The summed E-state index contributed by atoms with van der Waals surface area (Å²) in [4.78, 5) is 0. The molecule has 0 spiro atoms. The molecular formula is C15H21BrO2. The lowest BCUT2D eigenvalue weighted by Crippen LogP contribution is -2.02. The van der Waals surface area contributed by atoms with Crippen molar-refractivity contribution in [3.63, 3.8) is 0 Å². The van der Waals surface area contributed by atoms with Gasteiger partial charge in [-0.1, -0.05) is 31.7 Å². The third kappa shape index (κ3) is 3.48. The Morgan fingerprint density at radius 1 is 1.39 bits per heavy atom. The van der Waals surface area contributed by atoms with Gasteiger partial charge in [-0.15, -0.1) is 0 Å². The summed E-state index contributed by atoms with van der Waals surface area (Å²) < 4.78 is 6.10. The van der Waals surface area contributed by atoms with E-state index < -0.39 is 0 Å². The molecule has 1 unspecified atom stereocenters. The van der Waals surface area contributed by atoms with Crippen LogP contribution in [0, 0.1) is 5.92 Å². The van der Waals surface area contributed by atoms with Gasteiger partial charge in [0.25, 0.3) is 0 Å². The first-order chi connectivity index (χ1) is 8.70. The molecule has 1 atom stereocenters. The van der Waals surface area contributed by atoms with Crippen LogP contribution in [0.15, 0.2) is 22.7 Å². The van der Waals surface area contributed by atoms with Crippen molar-refractivity contribution in [3.8, 4) is 5.75 Å². The lowest BCUT2D eigenvalue weighted by molar-refractivity contribution is 0.157. The SMILES string of the molecule is COc1ccc(C(O)CCC2CCCC2)cc1Br. The van der Waals surface area contributed by atoms with Crippen molar-refractivity contribution in [3.05, 3.63) is 28.2 Å². The van der Waals surface area contributed by atoms with E-state index in [9.17, 15) is 5.11 Å². The molecule has 0 amide bonds. The topological polar surface area (TPSA) is 29.5 Å². The molecule has 0 radical (unpaired) electrons. The fraction of sp³-hybridized carbons (Fsp3) is 0.600. The molecule has 3 heteroatoms. The van der Waals surface area contributed by atoms with Gasteiger partial charge >= 0.3 is 0 Å². The quantitative estimate of drug-likeness (QED) is 0.869. The standard InChI is InChI=1S/C15H21BrO2/c1-18-15-9-7-12(10-13(15)16)14(17)8-6-11-4-2-3-5-11/h7,9-11,14,17H,2-6,8H2,1H3. The number of aliphatic hydroxyl groups excluding tert-OH is 1. The van der Waals surface area contributed by atoms with Gasteiger partial charge in [0.15, 0.2) is 0 Å². The molecule has 0 aromatic heterocycles. The Morgan fingerprint density at radius 2 is 2.11 bits per heavy atom. The van der Waals surface area contributed by atoms with Crippen LogP contribution in [0.25, 0.3) is 0 Å². The van der Waals surface area contributed by atoms with Crippen LogP contribution in [0.2, 0.25) is 0 Å². The number of aliphatic hydroxyl groups is 1. The first kappa shape index (κ1) is 13.9. The lowest BCUT2D eigenvalue weighted by atomic mass is 9.96. The fourth-order valence-corrected chi connectivity index (χ4v) is 3.31. The molecule has 18 heavy (non-hydrogen) atoms. The summed E-state index contributed by atoms with van der Waals surface area (Å²) >= 11 is 3.46. The summed E-state index contributed by atoms with van der Waals surface area (Å²) in [6.45, 7) is 0. The zero-order chi connectivity index (χ0) is 13.0. The average molecular weight is 313 g/mol. The Bertz CT molecular complexity index is 386. The van der Waals surface area contributed by atoms with E-state index in [4.69, 9.17) is 4.74 Å². The molecule has 0 aliphatic heterocycles. The molecule has 1 aliphatic carbocycles. The van der Waals surface area contributed by atoms with Crippen LogP contribution in [0.5, 0.6) is 5.75 Å². The molecule has 1 N–H and O–H groups in total. The Balaban J connectivity index is 1.91. The van der Waals surface area contributed by atoms with E-state index in [1.165, 1.54) is 25.7 Å². The van der Waals surface area contributed by atoms with Gasteiger partial charge in [-0.25, -0.2) is 0 Å². The smallest absolute Gasteiger partial charge is 0.133 e. The average Bonchev–Trinajstić information content (AvgIpc) is 2.89. The lowest BCUT2D eigenvalue weighted by Gasteiger charge is -2.15. The summed E-state index contributed by atoms with van der Waals surface area (Å²) in [6, 6.07) is 5.80. The highest BCUT2D eigenvalue weighted by Gasteiger charge is 2.17. The zero-order valence-corrected chi connectivity index (χ0v) is 12.4. The highest BCUT2D eigenvalue weighted by atomic mass is 79.9. The van der Waals surface area contributed by atoms with Gasteiger partial charge in [-0.05, 0) is 52.4 Å². The van der Waals surface area contributed by atoms with Crippen molar-refractivity contribution < 1.29 is 9.84 Å². The number of halogens is 1. The molecule has 100 valence electrons. The Hall–Kier alpha value is -0.540. The van der Waals surface area contributed by atoms with Crippen molar-refractivity contribution >= 4 is 15.9 Å². The number of hydrogen-bond acceptors (Lipinski definition) is 2. The molecule has 2 nitrogen and oxygen atoms in total. The molecule has 2 rings (SSSR count). The highest BCUT2D eigenvalue weighted by molar-refractivity contribution is 9.10. The van der Waals surface area contributed by atoms with E-state index in [1.54, 1.807) is 7.11 Å². The summed E-state index contributed by atoms with van der Waals surface area (Å²) in [7, 11) is 1.65. The normalized spacial score (nSPS) is 17.9. The third-order valence-corrected chi connectivity index (χ3v) is 4.50. The van der Waals surface area contributed by atoms with E-state index in [0.29, 0.717) is 0 Å². The largest absolute Gasteiger partial charge is 0.496 e. The minimum absolute atomic E-state index is 0.354. The minimum atomic E-state index is -0.354. The van der Waals surface area contributed by atoms with E-state index in [-0.39, 0.29) is 6.10 Å². The Labute approximate surface area is 117 Å². The van der Waals surface area contributed by atoms with Crippen molar-refractivity contribution in [1.29, 1.82) is 0 Å². The van der Waals surface area contributed by atoms with E-state index in [1.807, 2.05) is 18.2 Å². The molecule has 0 heterocycles. The predicted molar refractivity (Wildman–Crippen MR) is 76.8 cm³/mol. The second-order valence-corrected chi connectivity index (χ2v) is 5.99. The molecule has 1 fully saturated rings. The maximum atomic E-state index is 10.2. The van der Waals surface area contributed by atoms with E-state index >= 15 is 0 Å². The van der Waals surface area contributed by atoms with E-state index in [2.05, 4.69) is 15.9 Å². The first-order valence-corrected chi connectivity index (χ1v) is 7.51. The third-order valence-electron chi connectivity index (χ3n) is 3.88. The van der Waals surface area contributed by atoms with Crippen LogP contribution >= 0.6 is 15.9 Å². The Kier molecular flexibility index (Phi) is 5.07. The molecule has 0 saturated heterocycles. The molecule has 1 aliphatic rings. The number of methoxy groups -OCH3 is 1. The van der Waals surface area contributed by atoms with Gasteiger partial charge in [0.2, 0.25) is 0 Å². The Morgan fingerprint density at radius 3 is 2.72 bits per heavy atom. The van der Waals surface area contributed by atoms with Gasteiger partial charge in [-0.3, -0.25) is 0 Å². The van der Waals surface area contributed by atoms with Crippen LogP contribution in [0.1, 0.15) is 50.2 Å². The monoisotopic (exact) mass is 312 g/mol. The summed E-state index contributed by atoms with van der Waals surface area (Å²) in [5, 5.41) is 10.2.